The predicted octanol–water partition coefficient (Wildman–Crippen LogP) is 4.04. The number of nitrogens with zero attached hydrogens (tertiary/aromatic N) is 1. The van der Waals surface area contributed by atoms with Crippen LogP contribution >= 0.6 is 15.9 Å². The topological polar surface area (TPSA) is 37.4 Å². The molecule has 0 saturated heterocycles. The van der Waals surface area contributed by atoms with Crippen LogP contribution in [0.1, 0.15) is 40.5 Å². The fourth-order valence-electron chi connectivity index (χ4n) is 2.00. The zero-order chi connectivity index (χ0) is 14.6. The summed E-state index contributed by atoms with van der Waals surface area (Å²) in [6, 6.07) is 6.83. The minimum atomic E-state index is -3.43. The normalized spacial score (nSPS) is 15.5. The average molecular weight is 348 g/mol. The van der Waals surface area contributed by atoms with Crippen molar-refractivity contribution in [1.82, 2.24) is 4.31 Å². The van der Waals surface area contributed by atoms with E-state index < -0.39 is 10.0 Å². The van der Waals surface area contributed by atoms with Crippen LogP contribution in [0.2, 0.25) is 0 Å². The van der Waals surface area contributed by atoms with Gasteiger partial charge in [-0.1, -0.05) is 29.8 Å². The maximum absolute atomic E-state index is 12.8. The fourth-order valence-corrected chi connectivity index (χ4v) is 4.23. The van der Waals surface area contributed by atoms with Crippen molar-refractivity contribution in [3.05, 3.63) is 28.7 Å². The van der Waals surface area contributed by atoms with Gasteiger partial charge in [0, 0.05) is 16.6 Å². The molecule has 1 rings (SSSR count). The molecule has 0 bridgehead atoms. The van der Waals surface area contributed by atoms with Crippen LogP contribution in [0.4, 0.5) is 0 Å². The van der Waals surface area contributed by atoms with Gasteiger partial charge in [-0.25, -0.2) is 8.42 Å². The van der Waals surface area contributed by atoms with E-state index in [1.54, 1.807) is 28.6 Å². The summed E-state index contributed by atoms with van der Waals surface area (Å²) in [5.74, 6) is 0. The Morgan fingerprint density at radius 3 is 1.84 bits per heavy atom. The van der Waals surface area contributed by atoms with E-state index in [9.17, 15) is 8.42 Å². The van der Waals surface area contributed by atoms with Crippen molar-refractivity contribution in [2.75, 3.05) is 0 Å². The van der Waals surface area contributed by atoms with E-state index in [0.29, 0.717) is 4.90 Å². The molecule has 0 spiro atoms. The number of hydrogen-bond donors (Lipinski definition) is 0. The first-order valence-electron chi connectivity index (χ1n) is 6.63. The maximum atomic E-state index is 12.8. The van der Waals surface area contributed by atoms with Gasteiger partial charge >= 0.3 is 0 Å². The zero-order valence-electron chi connectivity index (χ0n) is 11.9. The Hall–Kier alpha value is -0.390. The van der Waals surface area contributed by atoms with Gasteiger partial charge in [0.05, 0.1) is 4.90 Å². The van der Waals surface area contributed by atoms with Crippen LogP contribution in [0.25, 0.3) is 0 Å². The van der Waals surface area contributed by atoms with Gasteiger partial charge in [0.15, 0.2) is 0 Å². The summed E-state index contributed by atoms with van der Waals surface area (Å²) in [6.45, 7) is 7.94. The molecule has 0 aliphatic heterocycles. The van der Waals surface area contributed by atoms with Gasteiger partial charge in [0.2, 0.25) is 10.0 Å². The highest BCUT2D eigenvalue weighted by molar-refractivity contribution is 9.10. The third kappa shape index (κ3) is 3.80. The summed E-state index contributed by atoms with van der Waals surface area (Å²) in [4.78, 5) is 0.358. The van der Waals surface area contributed by atoms with Crippen LogP contribution in [0, 0.1) is 0 Å². The highest BCUT2D eigenvalue weighted by atomic mass is 79.9. The summed E-state index contributed by atoms with van der Waals surface area (Å²) in [5, 5.41) is 0. The Morgan fingerprint density at radius 2 is 1.47 bits per heavy atom. The van der Waals surface area contributed by atoms with Gasteiger partial charge in [-0.15, -0.1) is 0 Å². The van der Waals surface area contributed by atoms with Gasteiger partial charge in [0.1, 0.15) is 0 Å². The van der Waals surface area contributed by atoms with Crippen molar-refractivity contribution in [2.24, 2.45) is 0 Å². The average Bonchev–Trinajstić information content (AvgIpc) is 2.38. The van der Waals surface area contributed by atoms with Gasteiger partial charge in [0.25, 0.3) is 0 Å². The SMILES string of the molecule is CC[C@H](C)N([C@@H](C)CC)S(=O)(=O)c1ccc(Br)cc1. The Labute approximate surface area is 125 Å². The van der Waals surface area contributed by atoms with Gasteiger partial charge in [-0.3, -0.25) is 0 Å². The molecule has 0 N–H and O–H groups in total. The summed E-state index contributed by atoms with van der Waals surface area (Å²) < 4.78 is 28.0. The minimum absolute atomic E-state index is 0.00333. The molecule has 108 valence electrons. The Kier molecular flexibility index (Phi) is 6.02. The van der Waals surface area contributed by atoms with Crippen molar-refractivity contribution < 1.29 is 8.42 Å². The second kappa shape index (κ2) is 6.86. The molecule has 0 amide bonds. The molecule has 5 heteroatoms. The van der Waals surface area contributed by atoms with E-state index in [4.69, 9.17) is 0 Å². The van der Waals surface area contributed by atoms with E-state index in [1.807, 2.05) is 27.7 Å². The summed E-state index contributed by atoms with van der Waals surface area (Å²) in [5.41, 5.74) is 0. The van der Waals surface area contributed by atoms with E-state index in [1.165, 1.54) is 0 Å². The second-order valence-corrected chi connectivity index (χ2v) is 7.56. The minimum Gasteiger partial charge on any atom is -0.207 e. The molecule has 0 aliphatic rings. The summed E-state index contributed by atoms with van der Waals surface area (Å²) >= 11 is 3.33. The van der Waals surface area contributed by atoms with Crippen LogP contribution in [0.15, 0.2) is 33.6 Å². The van der Waals surface area contributed by atoms with Crippen LogP contribution in [-0.2, 0) is 10.0 Å². The van der Waals surface area contributed by atoms with Crippen molar-refractivity contribution in [3.63, 3.8) is 0 Å². The lowest BCUT2D eigenvalue weighted by molar-refractivity contribution is 0.262. The number of rotatable bonds is 6. The van der Waals surface area contributed by atoms with Crippen LogP contribution in [0.5, 0.6) is 0 Å². The lowest BCUT2D eigenvalue weighted by atomic mass is 10.2. The second-order valence-electron chi connectivity index (χ2n) is 4.80. The smallest absolute Gasteiger partial charge is 0.207 e. The molecule has 0 unspecified atom stereocenters. The summed E-state index contributed by atoms with van der Waals surface area (Å²) in [7, 11) is -3.43. The largest absolute Gasteiger partial charge is 0.243 e. The molecule has 0 fully saturated rings. The first kappa shape index (κ1) is 16.7. The first-order chi connectivity index (χ1) is 8.84. The number of hydrogen-bond acceptors (Lipinski definition) is 2. The molecule has 0 heterocycles. The molecule has 3 nitrogen and oxygen atoms in total. The molecule has 1 aromatic carbocycles. The van der Waals surface area contributed by atoms with Gasteiger partial charge in [-0.05, 0) is 51.0 Å². The van der Waals surface area contributed by atoms with Crippen molar-refractivity contribution in [1.29, 1.82) is 0 Å². The van der Waals surface area contributed by atoms with Crippen LogP contribution in [-0.4, -0.2) is 24.8 Å². The van der Waals surface area contributed by atoms with Crippen molar-refractivity contribution in [2.45, 2.75) is 57.5 Å². The molecule has 19 heavy (non-hydrogen) atoms. The maximum Gasteiger partial charge on any atom is 0.243 e. The Bertz CT molecular complexity index is 489. The molecule has 0 aromatic heterocycles. The standard InChI is InChI=1S/C14H22BrNO2S/c1-5-11(3)16(12(4)6-2)19(17,18)14-9-7-13(15)8-10-14/h7-12H,5-6H2,1-4H3/t11-,12-/m0/s1. The monoisotopic (exact) mass is 347 g/mol. The van der Waals surface area contributed by atoms with Gasteiger partial charge in [-0.2, -0.15) is 4.31 Å². The van der Waals surface area contributed by atoms with E-state index in [2.05, 4.69) is 15.9 Å². The van der Waals surface area contributed by atoms with E-state index in [-0.39, 0.29) is 12.1 Å². The molecular formula is C14H22BrNO2S. The van der Waals surface area contributed by atoms with E-state index in [0.717, 1.165) is 17.3 Å². The molecule has 1 aromatic rings. The highest BCUT2D eigenvalue weighted by Gasteiger charge is 2.31. The lowest BCUT2D eigenvalue weighted by Crippen LogP contribution is -2.44. The van der Waals surface area contributed by atoms with Gasteiger partial charge < -0.3 is 0 Å². The third-order valence-electron chi connectivity index (χ3n) is 3.44. The fraction of sp³-hybridized carbons (Fsp3) is 0.571. The Balaban J connectivity index is 3.23. The third-order valence-corrected chi connectivity index (χ3v) is 6.11. The molecule has 2 atom stereocenters. The molecule has 0 saturated carbocycles. The quantitative estimate of drug-likeness (QED) is 0.778. The molecule has 0 aliphatic carbocycles. The number of benzene rings is 1. The first-order valence-corrected chi connectivity index (χ1v) is 8.87. The Morgan fingerprint density at radius 1 is 1.05 bits per heavy atom. The van der Waals surface area contributed by atoms with Crippen molar-refractivity contribution >= 4 is 26.0 Å². The van der Waals surface area contributed by atoms with E-state index >= 15 is 0 Å². The van der Waals surface area contributed by atoms with Crippen LogP contribution in [0.3, 0.4) is 0 Å². The number of halogens is 1. The van der Waals surface area contributed by atoms with Crippen molar-refractivity contribution in [3.8, 4) is 0 Å². The highest BCUT2D eigenvalue weighted by Crippen LogP contribution is 2.24. The summed E-state index contributed by atoms with van der Waals surface area (Å²) in [6.07, 6.45) is 1.61. The lowest BCUT2D eigenvalue weighted by Gasteiger charge is -2.32. The number of sulfonamides is 1. The molecular weight excluding hydrogens is 326 g/mol. The zero-order valence-corrected chi connectivity index (χ0v) is 14.3. The predicted molar refractivity (Wildman–Crippen MR) is 82.7 cm³/mol. The molecule has 0 radical (unpaired) electrons. The van der Waals surface area contributed by atoms with Crippen LogP contribution < -0.4 is 0 Å².